The van der Waals surface area contributed by atoms with Crippen LogP contribution in [0.25, 0.3) is 0 Å². The van der Waals surface area contributed by atoms with Crippen LogP contribution in [0.5, 0.6) is 0 Å². The maximum absolute atomic E-state index is 11.7. The normalized spacial score (nSPS) is 9.88. The van der Waals surface area contributed by atoms with Crippen molar-refractivity contribution in [1.82, 2.24) is 10.3 Å². The van der Waals surface area contributed by atoms with E-state index in [4.69, 9.17) is 16.7 Å². The van der Waals surface area contributed by atoms with Crippen LogP contribution in [0, 0.1) is 18.8 Å². The lowest BCUT2D eigenvalue weighted by molar-refractivity contribution is -0.115. The molecular weight excluding hydrogens is 362 g/mol. The van der Waals surface area contributed by atoms with Crippen molar-refractivity contribution in [3.8, 4) is 11.8 Å². The van der Waals surface area contributed by atoms with Crippen LogP contribution in [-0.2, 0) is 4.79 Å². The van der Waals surface area contributed by atoms with E-state index in [0.29, 0.717) is 34.5 Å². The molecule has 1 aromatic heterocycles. The van der Waals surface area contributed by atoms with Crippen LogP contribution in [0.3, 0.4) is 0 Å². The van der Waals surface area contributed by atoms with Crippen LogP contribution >= 0.6 is 22.9 Å². The van der Waals surface area contributed by atoms with Crippen molar-refractivity contribution in [3.05, 3.63) is 45.4 Å². The summed E-state index contributed by atoms with van der Waals surface area (Å²) in [7, 11) is 1.79. The minimum Gasteiger partial charge on any atom is -0.477 e. The fourth-order valence-electron chi connectivity index (χ4n) is 1.92. The highest BCUT2D eigenvalue weighted by Gasteiger charge is 2.16. The van der Waals surface area contributed by atoms with Gasteiger partial charge in [0, 0.05) is 36.6 Å². The number of likely N-dealkylation sites (N-methyl/N-ethyl adjacent to an activating group) is 1. The van der Waals surface area contributed by atoms with Crippen molar-refractivity contribution in [2.45, 2.75) is 6.92 Å². The van der Waals surface area contributed by atoms with E-state index in [2.05, 4.69) is 22.1 Å². The number of halogens is 1. The summed E-state index contributed by atoms with van der Waals surface area (Å²) >= 11 is 6.96. The molecule has 0 bridgehead atoms. The molecule has 0 atom stereocenters. The first-order valence-corrected chi connectivity index (χ1v) is 8.53. The summed E-state index contributed by atoms with van der Waals surface area (Å²) in [5.41, 5.74) is 1.15. The van der Waals surface area contributed by atoms with E-state index < -0.39 is 11.9 Å². The Hall–Kier alpha value is -2.56. The lowest BCUT2D eigenvalue weighted by atomic mass is 10.2. The molecule has 2 rings (SSSR count). The summed E-state index contributed by atoms with van der Waals surface area (Å²) in [6, 6.07) is 6.95. The smallest absolute Gasteiger partial charge is 0.347 e. The van der Waals surface area contributed by atoms with E-state index in [1.807, 2.05) is 0 Å². The standard InChI is InChI=1S/C17H16ClN3O3S/c1-11-15(16(23)24)25-17(20-11)21(2)9-8-19-14(22)7-6-12-4-3-5-13(18)10-12/h3-5,10H,8-9H2,1-2H3,(H,19,22)(H,23,24). The number of aromatic carboxylic acids is 1. The third-order valence-electron chi connectivity index (χ3n) is 3.18. The van der Waals surface area contributed by atoms with Gasteiger partial charge in [-0.3, -0.25) is 4.79 Å². The molecule has 0 saturated heterocycles. The Balaban J connectivity index is 1.85. The number of carbonyl (C=O) groups excluding carboxylic acids is 1. The average molecular weight is 378 g/mol. The highest BCUT2D eigenvalue weighted by Crippen LogP contribution is 2.24. The quantitative estimate of drug-likeness (QED) is 0.782. The van der Waals surface area contributed by atoms with E-state index in [9.17, 15) is 9.59 Å². The molecule has 0 saturated carbocycles. The Morgan fingerprint density at radius 1 is 1.44 bits per heavy atom. The van der Waals surface area contributed by atoms with Gasteiger partial charge in [-0.2, -0.15) is 0 Å². The SMILES string of the molecule is Cc1nc(N(C)CCNC(=O)C#Cc2cccc(Cl)c2)sc1C(=O)O. The molecule has 130 valence electrons. The highest BCUT2D eigenvalue weighted by atomic mass is 35.5. The van der Waals surface area contributed by atoms with Gasteiger partial charge >= 0.3 is 5.97 Å². The first-order valence-electron chi connectivity index (χ1n) is 7.34. The summed E-state index contributed by atoms with van der Waals surface area (Å²) in [6.07, 6.45) is 0. The maximum Gasteiger partial charge on any atom is 0.347 e. The van der Waals surface area contributed by atoms with Crippen molar-refractivity contribution in [2.75, 3.05) is 25.0 Å². The van der Waals surface area contributed by atoms with E-state index >= 15 is 0 Å². The highest BCUT2D eigenvalue weighted by molar-refractivity contribution is 7.17. The molecule has 8 heteroatoms. The second-order valence-corrected chi connectivity index (χ2v) is 6.57. The van der Waals surface area contributed by atoms with Gasteiger partial charge in [-0.1, -0.05) is 34.9 Å². The lowest BCUT2D eigenvalue weighted by Crippen LogP contribution is -2.32. The van der Waals surface area contributed by atoms with Gasteiger partial charge in [0.05, 0.1) is 5.69 Å². The minimum atomic E-state index is -0.987. The lowest BCUT2D eigenvalue weighted by Gasteiger charge is -2.15. The van der Waals surface area contributed by atoms with Crippen molar-refractivity contribution in [3.63, 3.8) is 0 Å². The number of hydrogen-bond donors (Lipinski definition) is 2. The molecule has 25 heavy (non-hydrogen) atoms. The largest absolute Gasteiger partial charge is 0.477 e. The Morgan fingerprint density at radius 3 is 2.84 bits per heavy atom. The zero-order chi connectivity index (χ0) is 18.4. The van der Waals surface area contributed by atoms with E-state index in [1.165, 1.54) is 0 Å². The number of carbonyl (C=O) groups is 2. The van der Waals surface area contributed by atoms with Crippen molar-refractivity contribution in [2.24, 2.45) is 0 Å². The molecule has 1 heterocycles. The van der Waals surface area contributed by atoms with Crippen molar-refractivity contribution in [1.29, 1.82) is 0 Å². The van der Waals surface area contributed by atoms with E-state index in [0.717, 1.165) is 11.3 Å². The van der Waals surface area contributed by atoms with Crippen LogP contribution in [0.1, 0.15) is 20.9 Å². The number of anilines is 1. The topological polar surface area (TPSA) is 82.5 Å². The number of nitrogens with zero attached hydrogens (tertiary/aromatic N) is 2. The monoisotopic (exact) mass is 377 g/mol. The maximum atomic E-state index is 11.7. The van der Waals surface area contributed by atoms with Gasteiger partial charge < -0.3 is 15.3 Å². The van der Waals surface area contributed by atoms with Crippen LogP contribution < -0.4 is 10.2 Å². The molecule has 0 aliphatic heterocycles. The summed E-state index contributed by atoms with van der Waals surface area (Å²) in [6.45, 7) is 2.50. The van der Waals surface area contributed by atoms with Gasteiger partial charge in [-0.25, -0.2) is 9.78 Å². The van der Waals surface area contributed by atoms with Crippen LogP contribution in [-0.4, -0.2) is 42.1 Å². The summed E-state index contributed by atoms with van der Waals surface area (Å²) in [5.74, 6) is 3.86. The third-order valence-corrected chi connectivity index (χ3v) is 4.68. The molecule has 0 radical (unpaired) electrons. The molecule has 1 amide bonds. The second kappa shape index (κ2) is 8.51. The van der Waals surface area contributed by atoms with Crippen LogP contribution in [0.2, 0.25) is 5.02 Å². The fraction of sp³-hybridized carbons (Fsp3) is 0.235. The molecule has 0 spiro atoms. The predicted molar refractivity (Wildman–Crippen MR) is 98.4 cm³/mol. The average Bonchev–Trinajstić information content (AvgIpc) is 2.95. The second-order valence-electron chi connectivity index (χ2n) is 5.15. The number of amides is 1. The first kappa shape index (κ1) is 18.8. The Kier molecular flexibility index (Phi) is 6.39. The number of benzene rings is 1. The molecule has 2 N–H and O–H groups in total. The number of rotatable bonds is 5. The molecule has 2 aromatic rings. The van der Waals surface area contributed by atoms with Gasteiger partial charge in [-0.15, -0.1) is 0 Å². The Morgan fingerprint density at radius 2 is 2.20 bits per heavy atom. The first-order chi connectivity index (χ1) is 11.9. The zero-order valence-corrected chi connectivity index (χ0v) is 15.2. The number of carboxylic acids is 1. The van der Waals surface area contributed by atoms with Gasteiger partial charge in [0.15, 0.2) is 5.13 Å². The zero-order valence-electron chi connectivity index (χ0n) is 13.7. The number of aromatic nitrogens is 1. The molecule has 1 aromatic carbocycles. The van der Waals surface area contributed by atoms with Crippen molar-refractivity contribution >= 4 is 39.9 Å². The predicted octanol–water partition coefficient (Wildman–Crippen LogP) is 2.41. The number of aryl methyl sites for hydroxylation is 1. The van der Waals surface area contributed by atoms with Crippen molar-refractivity contribution < 1.29 is 14.7 Å². The Labute approximate surface area is 154 Å². The van der Waals surface area contributed by atoms with E-state index in [1.54, 1.807) is 43.1 Å². The number of thiazole rings is 1. The molecular formula is C17H16ClN3O3S. The molecule has 6 nitrogen and oxygen atoms in total. The molecule has 0 fully saturated rings. The molecule has 0 aliphatic carbocycles. The molecule has 0 aliphatic rings. The summed E-state index contributed by atoms with van der Waals surface area (Å²) in [4.78, 5) is 29.0. The van der Waals surface area contributed by atoms with Gasteiger partial charge in [0.1, 0.15) is 4.88 Å². The number of nitrogens with one attached hydrogen (secondary N) is 1. The third kappa shape index (κ3) is 5.48. The Bertz CT molecular complexity index is 854. The van der Waals surface area contributed by atoms with Gasteiger partial charge in [-0.05, 0) is 25.1 Å². The number of carboxylic acid groups (broad SMARTS) is 1. The van der Waals surface area contributed by atoms with Gasteiger partial charge in [0.25, 0.3) is 5.91 Å². The minimum absolute atomic E-state index is 0.221. The summed E-state index contributed by atoms with van der Waals surface area (Å²) < 4.78 is 0. The van der Waals surface area contributed by atoms with E-state index in [-0.39, 0.29) is 4.88 Å². The summed E-state index contributed by atoms with van der Waals surface area (Å²) in [5, 5.41) is 12.9. The fourth-order valence-corrected chi connectivity index (χ4v) is 3.00. The number of hydrogen-bond acceptors (Lipinski definition) is 5. The van der Waals surface area contributed by atoms with Crippen LogP contribution in [0.4, 0.5) is 5.13 Å². The van der Waals surface area contributed by atoms with Crippen LogP contribution in [0.15, 0.2) is 24.3 Å². The molecule has 0 unspecified atom stereocenters. The van der Waals surface area contributed by atoms with Gasteiger partial charge in [0.2, 0.25) is 0 Å².